The number of nitrogens with zero attached hydrogens (tertiary/aromatic N) is 2. The smallest absolute Gasteiger partial charge is 0.209 e. The van der Waals surface area contributed by atoms with E-state index in [1.165, 1.54) is 0 Å². The number of anilines is 1. The van der Waals surface area contributed by atoms with Crippen molar-refractivity contribution in [3.8, 4) is 0 Å². The second-order valence-electron chi connectivity index (χ2n) is 4.64. The molecule has 0 aliphatic rings. The summed E-state index contributed by atoms with van der Waals surface area (Å²) in [6.45, 7) is 1.43. The van der Waals surface area contributed by atoms with Gasteiger partial charge in [-0.2, -0.15) is 0 Å². The third-order valence-corrected chi connectivity index (χ3v) is 2.89. The van der Waals surface area contributed by atoms with Crippen LogP contribution < -0.4 is 5.73 Å². The Morgan fingerprint density at radius 1 is 1.26 bits per heavy atom. The number of fused-ring (bicyclic) bond motifs is 1. The van der Waals surface area contributed by atoms with E-state index in [0.717, 1.165) is 23.2 Å². The highest BCUT2D eigenvalue weighted by atomic mass is 16.3. The molecule has 3 rings (SSSR count). The van der Waals surface area contributed by atoms with Gasteiger partial charge in [-0.3, -0.25) is 4.90 Å². The topological polar surface area (TPSA) is 68.4 Å². The van der Waals surface area contributed by atoms with E-state index in [2.05, 4.69) is 9.88 Å². The van der Waals surface area contributed by atoms with Gasteiger partial charge in [0.25, 0.3) is 0 Å². The molecule has 0 atom stereocenters. The van der Waals surface area contributed by atoms with Crippen molar-refractivity contribution >= 4 is 16.8 Å². The number of benzene rings is 1. The lowest BCUT2D eigenvalue weighted by Gasteiger charge is -2.12. The van der Waals surface area contributed by atoms with Crippen molar-refractivity contribution < 1.29 is 8.83 Å². The zero-order chi connectivity index (χ0) is 13.2. The Morgan fingerprint density at radius 3 is 2.95 bits per heavy atom. The van der Waals surface area contributed by atoms with Crippen LogP contribution in [0.25, 0.3) is 11.1 Å². The van der Waals surface area contributed by atoms with E-state index in [9.17, 15) is 0 Å². The standard InChI is InChI=1S/C14H15N3O2/c1-17(7-10-4-5-18-9-10)8-14-16-12-3-2-11(15)6-13(12)19-14/h2-6,9H,7-8,15H2,1H3. The summed E-state index contributed by atoms with van der Waals surface area (Å²) in [5.41, 5.74) is 9.09. The van der Waals surface area contributed by atoms with Crippen LogP contribution in [0.4, 0.5) is 5.69 Å². The molecule has 0 radical (unpaired) electrons. The molecule has 0 aliphatic heterocycles. The van der Waals surface area contributed by atoms with E-state index >= 15 is 0 Å². The first-order valence-corrected chi connectivity index (χ1v) is 6.05. The van der Waals surface area contributed by atoms with Crippen LogP contribution in [0, 0.1) is 0 Å². The van der Waals surface area contributed by atoms with Crippen LogP contribution in [0.2, 0.25) is 0 Å². The SMILES string of the molecule is CN(Cc1ccoc1)Cc1nc2ccc(N)cc2o1. The molecule has 2 heterocycles. The number of nitrogens with two attached hydrogens (primary N) is 1. The molecule has 5 nitrogen and oxygen atoms in total. The van der Waals surface area contributed by atoms with Gasteiger partial charge < -0.3 is 14.6 Å². The molecule has 0 unspecified atom stereocenters. The van der Waals surface area contributed by atoms with Crippen LogP contribution in [-0.4, -0.2) is 16.9 Å². The van der Waals surface area contributed by atoms with Gasteiger partial charge in [-0.25, -0.2) is 4.98 Å². The Hall–Kier alpha value is -2.27. The van der Waals surface area contributed by atoms with E-state index in [1.807, 2.05) is 25.2 Å². The van der Waals surface area contributed by atoms with E-state index in [4.69, 9.17) is 14.6 Å². The van der Waals surface area contributed by atoms with Gasteiger partial charge in [0.2, 0.25) is 5.89 Å². The maximum atomic E-state index is 5.72. The molecule has 0 amide bonds. The lowest BCUT2D eigenvalue weighted by atomic mass is 10.3. The Labute approximate surface area is 110 Å². The average Bonchev–Trinajstić information content (AvgIpc) is 2.97. The number of nitrogen functional groups attached to an aromatic ring is 1. The molecular weight excluding hydrogens is 242 g/mol. The second-order valence-corrected chi connectivity index (χ2v) is 4.64. The van der Waals surface area contributed by atoms with Crippen LogP contribution in [0.3, 0.4) is 0 Å². The minimum Gasteiger partial charge on any atom is -0.472 e. The number of furan rings is 1. The van der Waals surface area contributed by atoms with Gasteiger partial charge in [0.05, 0.1) is 19.1 Å². The number of hydrogen-bond acceptors (Lipinski definition) is 5. The van der Waals surface area contributed by atoms with Gasteiger partial charge in [-0.1, -0.05) is 0 Å². The highest BCUT2D eigenvalue weighted by Gasteiger charge is 2.09. The lowest BCUT2D eigenvalue weighted by molar-refractivity contribution is 0.284. The van der Waals surface area contributed by atoms with Gasteiger partial charge in [0.1, 0.15) is 5.52 Å². The maximum absolute atomic E-state index is 5.72. The van der Waals surface area contributed by atoms with Crippen LogP contribution in [-0.2, 0) is 13.1 Å². The number of hydrogen-bond donors (Lipinski definition) is 1. The van der Waals surface area contributed by atoms with E-state index in [0.29, 0.717) is 18.1 Å². The van der Waals surface area contributed by atoms with Gasteiger partial charge in [-0.15, -0.1) is 0 Å². The molecule has 0 aliphatic carbocycles. The fourth-order valence-electron chi connectivity index (χ4n) is 2.04. The molecule has 3 aromatic rings. The normalized spacial score (nSPS) is 11.5. The molecule has 0 saturated carbocycles. The van der Waals surface area contributed by atoms with Crippen LogP contribution in [0.5, 0.6) is 0 Å². The van der Waals surface area contributed by atoms with Crippen molar-refractivity contribution in [3.63, 3.8) is 0 Å². The van der Waals surface area contributed by atoms with Crippen LogP contribution in [0.1, 0.15) is 11.5 Å². The van der Waals surface area contributed by atoms with Gasteiger partial charge in [0, 0.05) is 23.9 Å². The third kappa shape index (κ3) is 2.61. The first kappa shape index (κ1) is 11.8. The Morgan fingerprint density at radius 2 is 2.16 bits per heavy atom. The second kappa shape index (κ2) is 4.78. The van der Waals surface area contributed by atoms with Crippen molar-refractivity contribution in [2.24, 2.45) is 0 Å². The van der Waals surface area contributed by atoms with E-state index in [-0.39, 0.29) is 0 Å². The highest BCUT2D eigenvalue weighted by Crippen LogP contribution is 2.19. The highest BCUT2D eigenvalue weighted by molar-refractivity contribution is 5.76. The molecule has 0 saturated heterocycles. The van der Waals surface area contributed by atoms with Crippen LogP contribution in [0.15, 0.2) is 45.6 Å². The summed E-state index contributed by atoms with van der Waals surface area (Å²) in [5, 5.41) is 0. The molecule has 19 heavy (non-hydrogen) atoms. The number of aromatic nitrogens is 1. The average molecular weight is 257 g/mol. The summed E-state index contributed by atoms with van der Waals surface area (Å²) in [5.74, 6) is 0.687. The number of rotatable bonds is 4. The predicted molar refractivity (Wildman–Crippen MR) is 72.3 cm³/mol. The third-order valence-electron chi connectivity index (χ3n) is 2.89. The van der Waals surface area contributed by atoms with Gasteiger partial charge in [0.15, 0.2) is 5.58 Å². The van der Waals surface area contributed by atoms with Crippen molar-refractivity contribution in [3.05, 3.63) is 48.2 Å². The molecule has 98 valence electrons. The monoisotopic (exact) mass is 257 g/mol. The Kier molecular flexibility index (Phi) is 2.97. The maximum Gasteiger partial charge on any atom is 0.209 e. The van der Waals surface area contributed by atoms with Crippen molar-refractivity contribution in [2.75, 3.05) is 12.8 Å². The van der Waals surface area contributed by atoms with Gasteiger partial charge >= 0.3 is 0 Å². The van der Waals surface area contributed by atoms with E-state index < -0.39 is 0 Å². The molecule has 0 spiro atoms. The van der Waals surface area contributed by atoms with E-state index in [1.54, 1.807) is 18.6 Å². The molecule has 2 aromatic heterocycles. The Bertz CT molecular complexity index is 673. The minimum absolute atomic E-state index is 0.639. The summed E-state index contributed by atoms with van der Waals surface area (Å²) >= 11 is 0. The summed E-state index contributed by atoms with van der Waals surface area (Å²) < 4.78 is 10.7. The predicted octanol–water partition coefficient (Wildman–Crippen LogP) is 2.63. The first-order chi connectivity index (χ1) is 9.20. The first-order valence-electron chi connectivity index (χ1n) is 6.05. The molecule has 0 bridgehead atoms. The summed E-state index contributed by atoms with van der Waals surface area (Å²) in [6, 6.07) is 7.43. The molecule has 2 N–H and O–H groups in total. The fourth-order valence-corrected chi connectivity index (χ4v) is 2.04. The summed E-state index contributed by atoms with van der Waals surface area (Å²) in [7, 11) is 2.01. The van der Waals surface area contributed by atoms with Crippen molar-refractivity contribution in [1.82, 2.24) is 9.88 Å². The zero-order valence-electron chi connectivity index (χ0n) is 10.7. The zero-order valence-corrected chi connectivity index (χ0v) is 10.7. The Balaban J connectivity index is 1.74. The van der Waals surface area contributed by atoms with Crippen molar-refractivity contribution in [2.45, 2.75) is 13.1 Å². The number of oxazole rings is 1. The molecular formula is C14H15N3O2. The lowest BCUT2D eigenvalue weighted by Crippen LogP contribution is -2.16. The van der Waals surface area contributed by atoms with Gasteiger partial charge in [-0.05, 0) is 25.2 Å². The largest absolute Gasteiger partial charge is 0.472 e. The quantitative estimate of drug-likeness (QED) is 0.728. The van der Waals surface area contributed by atoms with Crippen molar-refractivity contribution in [1.29, 1.82) is 0 Å². The summed E-state index contributed by atoms with van der Waals surface area (Å²) in [4.78, 5) is 6.55. The van der Waals surface area contributed by atoms with Crippen LogP contribution >= 0.6 is 0 Å². The minimum atomic E-state index is 0.639. The molecule has 5 heteroatoms. The summed E-state index contributed by atoms with van der Waals surface area (Å²) in [6.07, 6.45) is 3.41. The molecule has 0 fully saturated rings. The fraction of sp³-hybridized carbons (Fsp3) is 0.214. The molecule has 1 aromatic carbocycles.